The summed E-state index contributed by atoms with van der Waals surface area (Å²) >= 11 is 4.78. The number of anilines is 1. The Kier molecular flexibility index (Phi) is 9.62. The molecule has 0 radical (unpaired) electrons. The van der Waals surface area contributed by atoms with E-state index in [1.807, 2.05) is 36.1 Å². The predicted octanol–water partition coefficient (Wildman–Crippen LogP) is 6.00. The quantitative estimate of drug-likeness (QED) is 0.427. The van der Waals surface area contributed by atoms with Crippen LogP contribution in [0.3, 0.4) is 0 Å². The van der Waals surface area contributed by atoms with Crippen LogP contribution in [0, 0.1) is 11.3 Å². The maximum absolute atomic E-state index is 12.8. The number of carbonyl (C=O) groups is 2. The van der Waals surface area contributed by atoms with Gasteiger partial charge in [-0.1, -0.05) is 74.0 Å². The third-order valence-corrected chi connectivity index (χ3v) is 6.06. The number of halogens is 1. The highest BCUT2D eigenvalue weighted by molar-refractivity contribution is 9.10. The fraction of sp³-hybridized carbons (Fsp3) is 0.565. The monoisotopic (exact) mass is 508 g/mol. The van der Waals surface area contributed by atoms with E-state index in [1.165, 1.54) is 11.3 Å². The maximum atomic E-state index is 12.8. The Labute approximate surface area is 198 Å². The molecule has 0 fully saturated rings. The van der Waals surface area contributed by atoms with Crippen molar-refractivity contribution in [2.24, 2.45) is 11.3 Å². The first-order valence-corrected chi connectivity index (χ1v) is 12.4. The molecule has 1 aromatic carbocycles. The van der Waals surface area contributed by atoms with Crippen molar-refractivity contribution in [1.29, 1.82) is 0 Å². The molecule has 2 aromatic rings. The molecule has 1 N–H and O–H groups in total. The van der Waals surface area contributed by atoms with Crippen molar-refractivity contribution in [2.45, 2.75) is 60.3 Å². The molecular weight excluding hydrogens is 476 g/mol. The minimum atomic E-state index is -0.159. The fourth-order valence-corrected chi connectivity index (χ4v) is 4.76. The Bertz CT molecular complexity index is 878. The van der Waals surface area contributed by atoms with E-state index < -0.39 is 0 Å². The predicted molar refractivity (Wildman–Crippen MR) is 131 cm³/mol. The fourth-order valence-electron chi connectivity index (χ4n) is 3.61. The minimum Gasteiger partial charge on any atom is -0.342 e. The van der Waals surface area contributed by atoms with Gasteiger partial charge in [-0.15, -0.1) is 10.2 Å². The molecule has 1 unspecified atom stereocenters. The summed E-state index contributed by atoms with van der Waals surface area (Å²) in [4.78, 5) is 27.0. The van der Waals surface area contributed by atoms with Crippen molar-refractivity contribution in [3.63, 3.8) is 0 Å². The summed E-state index contributed by atoms with van der Waals surface area (Å²) in [5, 5.41) is 12.3. The van der Waals surface area contributed by atoms with Crippen molar-refractivity contribution < 1.29 is 9.59 Å². The van der Waals surface area contributed by atoms with Gasteiger partial charge in [0, 0.05) is 36.0 Å². The van der Waals surface area contributed by atoms with Crippen molar-refractivity contribution in [2.75, 3.05) is 18.4 Å². The van der Waals surface area contributed by atoms with Crippen LogP contribution in [0.1, 0.15) is 60.3 Å². The van der Waals surface area contributed by atoms with Crippen LogP contribution in [-0.4, -0.2) is 40.0 Å². The lowest BCUT2D eigenvalue weighted by Gasteiger charge is -2.26. The summed E-state index contributed by atoms with van der Waals surface area (Å²) in [5.41, 5.74) is 1.14. The van der Waals surface area contributed by atoms with Crippen molar-refractivity contribution >= 4 is 44.2 Å². The highest BCUT2D eigenvalue weighted by atomic mass is 79.9. The molecule has 1 heterocycles. The molecule has 6 nitrogen and oxygen atoms in total. The zero-order chi connectivity index (χ0) is 23.0. The maximum Gasteiger partial charge on any atom is 0.227 e. The molecule has 0 aliphatic carbocycles. The second kappa shape index (κ2) is 11.7. The zero-order valence-corrected chi connectivity index (χ0v) is 21.5. The molecule has 0 saturated carbocycles. The molecule has 1 aromatic heterocycles. The van der Waals surface area contributed by atoms with Gasteiger partial charge in [0.05, 0.1) is 0 Å². The first kappa shape index (κ1) is 25.5. The van der Waals surface area contributed by atoms with Gasteiger partial charge in [0.1, 0.15) is 5.01 Å². The number of hydrogen-bond donors (Lipinski definition) is 1. The number of carbonyl (C=O) groups excluding carboxylic acids is 2. The molecule has 2 rings (SSSR count). The van der Waals surface area contributed by atoms with Crippen LogP contribution >= 0.6 is 27.3 Å². The molecule has 0 saturated heterocycles. The third kappa shape index (κ3) is 9.07. The SMILES string of the molecule is CCCN(CCC(=O)Nc1nnc(-c2cccc(Br)c2)s1)C(=O)CC(C)CC(C)(C)C. The molecule has 0 spiro atoms. The summed E-state index contributed by atoms with van der Waals surface area (Å²) in [5.74, 6) is 0.284. The van der Waals surface area contributed by atoms with Gasteiger partial charge in [0.25, 0.3) is 0 Å². The zero-order valence-electron chi connectivity index (χ0n) is 19.1. The van der Waals surface area contributed by atoms with E-state index in [0.29, 0.717) is 30.6 Å². The van der Waals surface area contributed by atoms with Gasteiger partial charge in [-0.05, 0) is 36.3 Å². The summed E-state index contributed by atoms with van der Waals surface area (Å²) in [6.07, 6.45) is 2.63. The number of nitrogens with one attached hydrogen (secondary N) is 1. The summed E-state index contributed by atoms with van der Waals surface area (Å²) in [7, 11) is 0. The third-order valence-electron chi connectivity index (χ3n) is 4.68. The number of hydrogen-bond acceptors (Lipinski definition) is 5. The molecule has 0 aliphatic rings. The Morgan fingerprint density at radius 2 is 1.97 bits per heavy atom. The highest BCUT2D eigenvalue weighted by Crippen LogP contribution is 2.28. The number of amides is 2. The Balaban J connectivity index is 1.88. The van der Waals surface area contributed by atoms with E-state index in [2.05, 4.69) is 59.1 Å². The van der Waals surface area contributed by atoms with Crippen molar-refractivity contribution in [3.05, 3.63) is 28.7 Å². The van der Waals surface area contributed by atoms with E-state index in [9.17, 15) is 9.59 Å². The van der Waals surface area contributed by atoms with Gasteiger partial charge in [-0.25, -0.2) is 0 Å². The molecule has 170 valence electrons. The van der Waals surface area contributed by atoms with Crippen LogP contribution in [0.4, 0.5) is 5.13 Å². The Morgan fingerprint density at radius 3 is 2.61 bits per heavy atom. The van der Waals surface area contributed by atoms with Crippen molar-refractivity contribution in [1.82, 2.24) is 15.1 Å². The summed E-state index contributed by atoms with van der Waals surface area (Å²) < 4.78 is 0.961. The topological polar surface area (TPSA) is 75.2 Å². The standard InChI is InChI=1S/C23H33BrN4O2S/c1-6-11-28(20(30)13-16(2)15-23(3,4)5)12-10-19(29)25-22-27-26-21(31-22)17-8-7-9-18(24)14-17/h7-9,14,16H,6,10-13,15H2,1-5H3,(H,25,27,29). The van der Waals surface area contributed by atoms with Crippen LogP contribution in [0.5, 0.6) is 0 Å². The largest absolute Gasteiger partial charge is 0.342 e. The van der Waals surface area contributed by atoms with Crippen LogP contribution in [0.15, 0.2) is 28.7 Å². The molecule has 8 heteroatoms. The van der Waals surface area contributed by atoms with E-state index in [-0.39, 0.29) is 23.7 Å². The van der Waals surface area contributed by atoms with Gasteiger partial charge in [-0.3, -0.25) is 9.59 Å². The molecule has 0 aliphatic heterocycles. The average molecular weight is 510 g/mol. The lowest BCUT2D eigenvalue weighted by Crippen LogP contribution is -2.35. The number of aromatic nitrogens is 2. The lowest BCUT2D eigenvalue weighted by molar-refractivity contribution is -0.132. The second-order valence-electron chi connectivity index (χ2n) is 9.18. The molecular formula is C23H33BrN4O2S. The first-order valence-electron chi connectivity index (χ1n) is 10.7. The van der Waals surface area contributed by atoms with Crippen LogP contribution < -0.4 is 5.32 Å². The van der Waals surface area contributed by atoms with Crippen LogP contribution in [-0.2, 0) is 9.59 Å². The Morgan fingerprint density at radius 1 is 1.23 bits per heavy atom. The number of nitrogens with zero attached hydrogens (tertiary/aromatic N) is 3. The van der Waals surface area contributed by atoms with Gasteiger partial charge < -0.3 is 10.2 Å². The molecule has 31 heavy (non-hydrogen) atoms. The molecule has 2 amide bonds. The summed E-state index contributed by atoms with van der Waals surface area (Å²) in [6, 6.07) is 7.79. The lowest BCUT2D eigenvalue weighted by atomic mass is 9.84. The summed E-state index contributed by atoms with van der Waals surface area (Å²) in [6.45, 7) is 11.8. The normalized spacial score (nSPS) is 12.5. The molecule has 1 atom stereocenters. The van der Waals surface area contributed by atoms with E-state index in [0.717, 1.165) is 27.9 Å². The van der Waals surface area contributed by atoms with Gasteiger partial charge in [-0.2, -0.15) is 0 Å². The van der Waals surface area contributed by atoms with E-state index in [1.54, 1.807) is 0 Å². The van der Waals surface area contributed by atoms with Crippen molar-refractivity contribution in [3.8, 4) is 10.6 Å². The smallest absolute Gasteiger partial charge is 0.227 e. The van der Waals surface area contributed by atoms with Crippen LogP contribution in [0.2, 0.25) is 0 Å². The van der Waals surface area contributed by atoms with Crippen LogP contribution in [0.25, 0.3) is 10.6 Å². The molecule has 0 bridgehead atoms. The van der Waals surface area contributed by atoms with Gasteiger partial charge in [0.15, 0.2) is 0 Å². The Hall–Kier alpha value is -1.80. The number of benzene rings is 1. The average Bonchev–Trinajstić information content (AvgIpc) is 3.11. The van der Waals surface area contributed by atoms with E-state index >= 15 is 0 Å². The first-order chi connectivity index (χ1) is 14.6. The minimum absolute atomic E-state index is 0.124. The van der Waals surface area contributed by atoms with Gasteiger partial charge in [0.2, 0.25) is 16.9 Å². The van der Waals surface area contributed by atoms with Gasteiger partial charge >= 0.3 is 0 Å². The highest BCUT2D eigenvalue weighted by Gasteiger charge is 2.21. The second-order valence-corrected chi connectivity index (χ2v) is 11.1. The number of rotatable bonds is 10. The van der Waals surface area contributed by atoms with E-state index in [4.69, 9.17) is 0 Å².